The molecule has 13 heteroatoms. The number of rotatable bonds is 16. The molecule has 3 amide bonds. The molecule has 0 radical (unpaired) electrons. The zero-order valence-electron chi connectivity index (χ0n) is 22.1. The van der Waals surface area contributed by atoms with Crippen molar-refractivity contribution in [1.82, 2.24) is 16.0 Å². The Kier molecular flexibility index (Phi) is 19.7. The summed E-state index contributed by atoms with van der Waals surface area (Å²) in [5.41, 5.74) is 9.98. The van der Waals surface area contributed by atoms with Gasteiger partial charge in [-0.05, 0) is 60.5 Å². The van der Waals surface area contributed by atoms with Crippen LogP contribution in [0.3, 0.4) is 0 Å². The largest absolute Gasteiger partial charge is 0.461 e. The molecule has 0 aromatic rings. The fourth-order valence-corrected chi connectivity index (χ4v) is 2.68. The molecule has 0 heterocycles. The molecule has 0 aliphatic heterocycles. The zero-order valence-corrected chi connectivity index (χ0v) is 22.1. The highest BCUT2D eigenvalue weighted by Gasteiger charge is 2.29. The van der Waals surface area contributed by atoms with Crippen LogP contribution in [0.15, 0.2) is 0 Å². The van der Waals surface area contributed by atoms with E-state index in [4.69, 9.17) is 15.2 Å². The topological polar surface area (TPSA) is 209 Å². The molecule has 0 aliphatic carbocycles. The molecule has 13 nitrogen and oxygen atoms in total. The van der Waals surface area contributed by atoms with Gasteiger partial charge in [0, 0.05) is 12.8 Å². The number of unbranched alkanes of at least 4 members (excludes halogenated alkanes) is 1. The van der Waals surface area contributed by atoms with E-state index in [2.05, 4.69) is 21.7 Å². The van der Waals surface area contributed by atoms with Crippen LogP contribution in [0.5, 0.6) is 0 Å². The fourth-order valence-electron chi connectivity index (χ4n) is 2.68. The molecule has 4 unspecified atom stereocenters. The number of nitrogens with one attached hydrogen (secondary N) is 3. The van der Waals surface area contributed by atoms with Crippen LogP contribution in [0.1, 0.15) is 66.7 Å². The number of esters is 2. The summed E-state index contributed by atoms with van der Waals surface area (Å²) < 4.78 is 10.1. The van der Waals surface area contributed by atoms with E-state index in [1.165, 1.54) is 20.9 Å². The molecule has 0 saturated heterocycles. The third-order valence-electron chi connectivity index (χ3n) is 4.58. The molecule has 208 valence electrons. The number of hydrogen-bond acceptors (Lipinski definition) is 10. The van der Waals surface area contributed by atoms with Gasteiger partial charge in [0.1, 0.15) is 24.4 Å². The van der Waals surface area contributed by atoms with Crippen molar-refractivity contribution in [2.24, 2.45) is 11.5 Å². The van der Waals surface area contributed by atoms with Gasteiger partial charge in [-0.15, -0.1) is 0 Å². The zero-order chi connectivity index (χ0) is 28.3. The van der Waals surface area contributed by atoms with Crippen molar-refractivity contribution in [3.05, 3.63) is 0 Å². The van der Waals surface area contributed by atoms with Gasteiger partial charge < -0.3 is 41.7 Å². The van der Waals surface area contributed by atoms with Crippen molar-refractivity contribution < 1.29 is 38.2 Å². The molecular formula is C23H43N5O8. The number of amides is 3. The molecule has 7 N–H and O–H groups in total. The van der Waals surface area contributed by atoms with Crippen LogP contribution < -0.4 is 27.4 Å². The van der Waals surface area contributed by atoms with Crippen molar-refractivity contribution in [1.29, 1.82) is 0 Å². The Hall–Kier alpha value is -3.06. The smallest absolute Gasteiger partial charge is 0.328 e. The normalized spacial score (nSPS) is 13.6. The molecule has 0 fully saturated rings. The minimum atomic E-state index is -1.27. The highest BCUT2D eigenvalue weighted by atomic mass is 16.5. The highest BCUT2D eigenvalue weighted by molar-refractivity contribution is 5.95. The second-order valence-electron chi connectivity index (χ2n) is 8.01. The van der Waals surface area contributed by atoms with Crippen LogP contribution in [-0.4, -0.2) is 79.9 Å². The summed E-state index contributed by atoms with van der Waals surface area (Å²) >= 11 is 0. The van der Waals surface area contributed by atoms with Crippen LogP contribution in [0, 0.1) is 0 Å². The van der Waals surface area contributed by atoms with Gasteiger partial charge >= 0.3 is 11.9 Å². The second kappa shape index (κ2) is 20.2. The fraction of sp³-hybridized carbons (Fsp3) is 0.739. The number of carbonyl (C=O) groups excluding carboxylic acids is 6. The van der Waals surface area contributed by atoms with Gasteiger partial charge in [-0.25, -0.2) is 4.79 Å². The lowest BCUT2D eigenvalue weighted by Gasteiger charge is -2.24. The maximum Gasteiger partial charge on any atom is 0.328 e. The van der Waals surface area contributed by atoms with Crippen LogP contribution in [0.25, 0.3) is 0 Å². The first-order chi connectivity index (χ1) is 17.0. The van der Waals surface area contributed by atoms with Gasteiger partial charge in [-0.3, -0.25) is 19.2 Å². The predicted molar refractivity (Wildman–Crippen MR) is 132 cm³/mol. The third-order valence-corrected chi connectivity index (χ3v) is 4.58. The first kappa shape index (κ1) is 35.1. The number of carbonyl (C=O) groups is 6. The van der Waals surface area contributed by atoms with E-state index in [-0.39, 0.29) is 19.3 Å². The van der Waals surface area contributed by atoms with Gasteiger partial charge in [-0.1, -0.05) is 6.92 Å². The van der Waals surface area contributed by atoms with Gasteiger partial charge in [0.25, 0.3) is 5.91 Å². The molecule has 4 atom stereocenters. The van der Waals surface area contributed by atoms with Crippen LogP contribution in [0.2, 0.25) is 0 Å². The Morgan fingerprint density at radius 3 is 1.92 bits per heavy atom. The van der Waals surface area contributed by atoms with Crippen molar-refractivity contribution in [2.75, 3.05) is 13.6 Å². The van der Waals surface area contributed by atoms with Crippen LogP contribution in [-0.2, 0) is 38.2 Å². The van der Waals surface area contributed by atoms with E-state index in [1.54, 1.807) is 20.8 Å². The van der Waals surface area contributed by atoms with Gasteiger partial charge in [0.2, 0.25) is 11.8 Å². The highest BCUT2D eigenvalue weighted by Crippen LogP contribution is 2.06. The summed E-state index contributed by atoms with van der Waals surface area (Å²) in [6.07, 6.45) is 0.161. The summed E-state index contributed by atoms with van der Waals surface area (Å²) in [5.74, 6) is -3.39. The Labute approximate surface area is 212 Å². The number of ether oxygens (including phenoxy) is 2. The van der Waals surface area contributed by atoms with E-state index in [9.17, 15) is 28.8 Å². The first-order valence-electron chi connectivity index (χ1n) is 12.0. The molecule has 0 saturated carbocycles. The second-order valence-corrected chi connectivity index (χ2v) is 8.01. The number of hydrogen-bond donors (Lipinski definition) is 5. The molecule has 36 heavy (non-hydrogen) atoms. The molecule has 0 aromatic heterocycles. The molecule has 0 aromatic carbocycles. The summed E-state index contributed by atoms with van der Waals surface area (Å²) in [4.78, 5) is 72.2. The minimum Gasteiger partial charge on any atom is -0.461 e. The Balaban J connectivity index is 0. The minimum absolute atomic E-state index is 0.0913. The van der Waals surface area contributed by atoms with E-state index in [1.807, 2.05) is 0 Å². The SMILES string of the molecule is CCC(=O)OC(C)C(=O)NC(C)C(=O)NC(CC=O)C(=O)NC(CCCCN)C(=O)OC(C)C.CN. The Bertz CT molecular complexity index is 717. The third kappa shape index (κ3) is 15.0. The quantitative estimate of drug-likeness (QED) is 0.0962. The average Bonchev–Trinajstić information content (AvgIpc) is 2.83. The average molecular weight is 518 g/mol. The summed E-state index contributed by atoms with van der Waals surface area (Å²) in [6, 6.07) is -3.34. The Morgan fingerprint density at radius 2 is 1.42 bits per heavy atom. The van der Waals surface area contributed by atoms with Crippen molar-refractivity contribution >= 4 is 35.9 Å². The first-order valence-corrected chi connectivity index (χ1v) is 12.0. The standard InChI is InChI=1S/C22H38N4O8.CH5N/c1-6-18(28)34-15(5)20(30)24-14(4)19(29)25-16(10-12-27)21(31)26-17(9-7-8-11-23)22(32)33-13(2)3;1-2/h12-17H,6-11,23H2,1-5H3,(H,24,30)(H,25,29)(H,26,31);2H2,1H3. The molecule has 0 aliphatic rings. The lowest BCUT2D eigenvalue weighted by molar-refractivity contribution is -0.154. The van der Waals surface area contributed by atoms with Crippen molar-refractivity contribution in [3.63, 3.8) is 0 Å². The molecular weight excluding hydrogens is 474 g/mol. The van der Waals surface area contributed by atoms with Crippen molar-refractivity contribution in [3.8, 4) is 0 Å². The summed E-state index contributed by atoms with van der Waals surface area (Å²) in [6.45, 7) is 8.07. The number of nitrogens with two attached hydrogens (primary N) is 2. The molecule has 0 bridgehead atoms. The monoisotopic (exact) mass is 517 g/mol. The Morgan fingerprint density at radius 1 is 0.833 bits per heavy atom. The van der Waals surface area contributed by atoms with Gasteiger partial charge in [-0.2, -0.15) is 0 Å². The van der Waals surface area contributed by atoms with Crippen molar-refractivity contribution in [2.45, 2.75) is 97.1 Å². The molecule has 0 spiro atoms. The maximum atomic E-state index is 12.7. The molecule has 0 rings (SSSR count). The van der Waals surface area contributed by atoms with Gasteiger partial charge in [0.15, 0.2) is 6.10 Å². The maximum absolute atomic E-state index is 12.7. The van der Waals surface area contributed by atoms with Crippen LogP contribution >= 0.6 is 0 Å². The lowest BCUT2D eigenvalue weighted by atomic mass is 10.1. The van der Waals surface area contributed by atoms with E-state index in [0.29, 0.717) is 25.7 Å². The van der Waals surface area contributed by atoms with Crippen LogP contribution in [0.4, 0.5) is 0 Å². The van der Waals surface area contributed by atoms with Gasteiger partial charge in [0.05, 0.1) is 6.10 Å². The van der Waals surface area contributed by atoms with E-state index < -0.39 is 60.0 Å². The number of aldehydes is 1. The summed E-state index contributed by atoms with van der Waals surface area (Å²) in [5, 5.41) is 7.29. The summed E-state index contributed by atoms with van der Waals surface area (Å²) in [7, 11) is 1.50. The van der Waals surface area contributed by atoms with E-state index >= 15 is 0 Å². The predicted octanol–water partition coefficient (Wildman–Crippen LogP) is -0.953. The van der Waals surface area contributed by atoms with E-state index in [0.717, 1.165) is 0 Å². The lowest BCUT2D eigenvalue weighted by Crippen LogP contribution is -2.56.